The standard InChI is InChI=1S/C12H8Br3ClOS/c1-17-9-3-2-6(4-7(9)13)11(15)10-5-8(14)12(16)18-10/h2-5,11H,1H3. The lowest BCUT2D eigenvalue weighted by atomic mass is 10.1. The molecule has 0 radical (unpaired) electrons. The second kappa shape index (κ2) is 6.27. The van der Waals surface area contributed by atoms with Gasteiger partial charge in [-0.3, -0.25) is 0 Å². The van der Waals surface area contributed by atoms with Gasteiger partial charge in [0.2, 0.25) is 0 Å². The average molecular weight is 475 g/mol. The topological polar surface area (TPSA) is 9.23 Å². The van der Waals surface area contributed by atoms with Crippen molar-refractivity contribution in [3.63, 3.8) is 0 Å². The Kier molecular flexibility index (Phi) is 5.17. The molecule has 96 valence electrons. The molecule has 6 heteroatoms. The normalized spacial score (nSPS) is 12.5. The zero-order valence-electron chi connectivity index (χ0n) is 9.22. The molecule has 2 rings (SSSR count). The Balaban J connectivity index is 2.33. The van der Waals surface area contributed by atoms with Crippen molar-refractivity contribution in [2.24, 2.45) is 0 Å². The maximum atomic E-state index is 6.06. The van der Waals surface area contributed by atoms with Crippen LogP contribution in [0.2, 0.25) is 4.34 Å². The van der Waals surface area contributed by atoms with Crippen LogP contribution < -0.4 is 4.74 Å². The quantitative estimate of drug-likeness (QED) is 0.466. The van der Waals surface area contributed by atoms with Gasteiger partial charge in [0.1, 0.15) is 10.1 Å². The van der Waals surface area contributed by atoms with Crippen molar-refractivity contribution in [2.75, 3.05) is 7.11 Å². The van der Waals surface area contributed by atoms with Crippen LogP contribution >= 0.6 is 70.7 Å². The Morgan fingerprint density at radius 3 is 2.44 bits per heavy atom. The van der Waals surface area contributed by atoms with E-state index in [0.717, 1.165) is 29.5 Å². The van der Waals surface area contributed by atoms with Crippen molar-refractivity contribution < 1.29 is 4.74 Å². The van der Waals surface area contributed by atoms with Gasteiger partial charge in [0.05, 0.1) is 16.4 Å². The number of benzene rings is 1. The number of methoxy groups -OCH3 is 1. The molecule has 2 aromatic rings. The van der Waals surface area contributed by atoms with Gasteiger partial charge in [-0.25, -0.2) is 0 Å². The minimum Gasteiger partial charge on any atom is -0.496 e. The molecule has 0 saturated carbocycles. The number of halogens is 4. The summed E-state index contributed by atoms with van der Waals surface area (Å²) in [5.74, 6) is 0.823. The zero-order chi connectivity index (χ0) is 13.3. The van der Waals surface area contributed by atoms with E-state index in [-0.39, 0.29) is 4.83 Å². The van der Waals surface area contributed by atoms with Crippen LogP contribution in [0.5, 0.6) is 5.75 Å². The van der Waals surface area contributed by atoms with E-state index in [4.69, 9.17) is 16.3 Å². The third-order valence-corrected chi connectivity index (χ3v) is 6.87. The number of ether oxygens (including phenoxy) is 1. The van der Waals surface area contributed by atoms with Crippen molar-refractivity contribution >= 4 is 70.7 Å². The summed E-state index contributed by atoms with van der Waals surface area (Å²) >= 11 is 18.2. The molecule has 1 aromatic heterocycles. The predicted octanol–water partition coefficient (Wildman–Crippen LogP) is 6.42. The van der Waals surface area contributed by atoms with Gasteiger partial charge in [-0.15, -0.1) is 11.3 Å². The summed E-state index contributed by atoms with van der Waals surface area (Å²) in [4.78, 5) is 1.28. The maximum absolute atomic E-state index is 6.06. The molecular formula is C12H8Br3ClOS. The van der Waals surface area contributed by atoms with Gasteiger partial charge in [0, 0.05) is 9.35 Å². The third-order valence-electron chi connectivity index (χ3n) is 2.38. The second-order valence-corrected chi connectivity index (χ2v) is 7.84. The van der Waals surface area contributed by atoms with Gasteiger partial charge >= 0.3 is 0 Å². The minimum absolute atomic E-state index is 0.119. The molecule has 0 aliphatic rings. The van der Waals surface area contributed by atoms with E-state index in [9.17, 15) is 0 Å². The first-order valence-corrected chi connectivity index (χ1v) is 8.64. The molecule has 0 spiro atoms. The van der Waals surface area contributed by atoms with Gasteiger partial charge < -0.3 is 4.74 Å². The summed E-state index contributed by atoms with van der Waals surface area (Å²) in [6, 6.07) is 8.05. The molecule has 1 nitrogen and oxygen atoms in total. The minimum atomic E-state index is 0.119. The van der Waals surface area contributed by atoms with E-state index >= 15 is 0 Å². The summed E-state index contributed by atoms with van der Waals surface area (Å²) < 4.78 is 7.86. The Morgan fingerprint density at radius 1 is 1.22 bits per heavy atom. The summed E-state index contributed by atoms with van der Waals surface area (Å²) in [6.45, 7) is 0. The maximum Gasteiger partial charge on any atom is 0.133 e. The van der Waals surface area contributed by atoms with Crippen LogP contribution in [0.25, 0.3) is 0 Å². The molecular weight excluding hydrogens is 467 g/mol. The summed E-state index contributed by atoms with van der Waals surface area (Å²) in [7, 11) is 1.65. The van der Waals surface area contributed by atoms with Crippen molar-refractivity contribution in [1.29, 1.82) is 0 Å². The van der Waals surface area contributed by atoms with Crippen LogP contribution in [0, 0.1) is 0 Å². The first kappa shape index (κ1) is 14.9. The highest BCUT2D eigenvalue weighted by molar-refractivity contribution is 9.11. The molecule has 1 heterocycles. The SMILES string of the molecule is COc1ccc(C(Br)c2cc(Br)c(Cl)s2)cc1Br. The molecule has 0 N–H and O–H groups in total. The highest BCUT2D eigenvalue weighted by Gasteiger charge is 2.16. The summed E-state index contributed by atoms with van der Waals surface area (Å²) in [5, 5.41) is 0. The number of hydrogen-bond acceptors (Lipinski definition) is 2. The number of hydrogen-bond donors (Lipinski definition) is 0. The predicted molar refractivity (Wildman–Crippen MR) is 88.5 cm³/mol. The van der Waals surface area contributed by atoms with E-state index in [1.807, 2.05) is 24.3 Å². The largest absolute Gasteiger partial charge is 0.496 e. The van der Waals surface area contributed by atoms with Crippen LogP contribution in [0.1, 0.15) is 15.3 Å². The molecule has 1 atom stereocenters. The van der Waals surface area contributed by atoms with Crippen LogP contribution in [-0.2, 0) is 0 Å². The fraction of sp³-hybridized carbons (Fsp3) is 0.167. The van der Waals surface area contributed by atoms with E-state index in [2.05, 4.69) is 47.8 Å². The van der Waals surface area contributed by atoms with Crippen molar-refractivity contribution in [2.45, 2.75) is 4.83 Å². The van der Waals surface area contributed by atoms with Gasteiger partial charge in [-0.2, -0.15) is 0 Å². The number of alkyl halides is 1. The molecule has 0 amide bonds. The molecule has 0 saturated heterocycles. The van der Waals surface area contributed by atoms with Gasteiger partial charge in [-0.05, 0) is 55.6 Å². The Bertz CT molecular complexity index is 551. The van der Waals surface area contributed by atoms with Crippen molar-refractivity contribution in [1.82, 2.24) is 0 Å². The molecule has 0 bridgehead atoms. The summed E-state index contributed by atoms with van der Waals surface area (Å²) in [6.07, 6.45) is 0. The van der Waals surface area contributed by atoms with E-state index < -0.39 is 0 Å². The van der Waals surface area contributed by atoms with Crippen molar-refractivity contribution in [3.8, 4) is 5.75 Å². The average Bonchev–Trinajstić information content (AvgIpc) is 2.68. The highest BCUT2D eigenvalue weighted by atomic mass is 79.9. The molecule has 0 aliphatic carbocycles. The Hall–Kier alpha value is 0.450. The van der Waals surface area contributed by atoms with Gasteiger partial charge in [0.25, 0.3) is 0 Å². The van der Waals surface area contributed by atoms with Crippen LogP contribution in [-0.4, -0.2) is 7.11 Å². The number of rotatable bonds is 3. The van der Waals surface area contributed by atoms with E-state index in [0.29, 0.717) is 0 Å². The fourth-order valence-corrected chi connectivity index (χ4v) is 4.49. The number of thiophene rings is 1. The molecule has 1 aromatic carbocycles. The van der Waals surface area contributed by atoms with Crippen LogP contribution in [0.15, 0.2) is 33.2 Å². The highest BCUT2D eigenvalue weighted by Crippen LogP contribution is 2.42. The second-order valence-electron chi connectivity index (χ2n) is 3.53. The first-order chi connectivity index (χ1) is 8.52. The summed E-state index contributed by atoms with van der Waals surface area (Å²) in [5.41, 5.74) is 1.15. The van der Waals surface area contributed by atoms with Crippen LogP contribution in [0.4, 0.5) is 0 Å². The molecule has 0 aliphatic heterocycles. The molecule has 18 heavy (non-hydrogen) atoms. The monoisotopic (exact) mass is 472 g/mol. The third kappa shape index (κ3) is 3.12. The fourth-order valence-electron chi connectivity index (χ4n) is 1.49. The Morgan fingerprint density at radius 2 is 1.94 bits per heavy atom. The van der Waals surface area contributed by atoms with Crippen molar-refractivity contribution in [3.05, 3.63) is 48.0 Å². The van der Waals surface area contributed by atoms with Gasteiger partial charge in [-0.1, -0.05) is 33.6 Å². The lowest BCUT2D eigenvalue weighted by Gasteiger charge is -2.10. The Labute approximate surface area is 140 Å². The molecule has 1 unspecified atom stereocenters. The van der Waals surface area contributed by atoms with E-state index in [1.165, 1.54) is 0 Å². The molecule has 0 fully saturated rings. The van der Waals surface area contributed by atoms with Gasteiger partial charge in [0.15, 0.2) is 0 Å². The first-order valence-electron chi connectivity index (χ1n) is 4.95. The van der Waals surface area contributed by atoms with E-state index in [1.54, 1.807) is 18.4 Å². The lowest BCUT2D eigenvalue weighted by molar-refractivity contribution is 0.412. The zero-order valence-corrected chi connectivity index (χ0v) is 15.5. The van der Waals surface area contributed by atoms with Crippen LogP contribution in [0.3, 0.4) is 0 Å². The lowest BCUT2D eigenvalue weighted by Crippen LogP contribution is -1.91. The smallest absolute Gasteiger partial charge is 0.133 e.